The summed E-state index contributed by atoms with van der Waals surface area (Å²) >= 11 is 24.4. The standard InChI is InChI=1S/C51H77BCl4NO13P/c1-4-6-8-10-12-14-15-17-19-21-29-35-43(58)65-41(34-24-20-18-16-13-11-9-7-5-2)36-44(59)67-47-45(57-50(61)64-38-51(54,55)56)48(53)66-42(37-63-49(60)52-3)46(47)70-71(62,68-39-30-25-22-26-31-39)69-40-32-27-23-28-33-40/h22-23,25-28,30-33,41-42,45-48,52H,4-21,24,29,34-38H2,1-3H3,(H,57,61)/i52T. The molecule has 3 rings (SSSR count). The summed E-state index contributed by atoms with van der Waals surface area (Å²) in [7, 11) is -6.21. The Morgan fingerprint density at radius 3 is 1.70 bits per heavy atom. The molecule has 6 unspecified atom stereocenters. The van der Waals surface area contributed by atoms with Gasteiger partial charge in [0.25, 0.3) is 7.24 Å². The predicted molar refractivity (Wildman–Crippen MR) is 281 cm³/mol. The molecular formula is C51H77BCl4NO13P. The van der Waals surface area contributed by atoms with Gasteiger partial charge in [-0.05, 0) is 44.9 Å². The Labute approximate surface area is 444 Å². The third-order valence-corrected chi connectivity index (χ3v) is 13.7. The molecule has 0 aliphatic carbocycles. The summed E-state index contributed by atoms with van der Waals surface area (Å²) in [5.41, 5.74) is -1.58. The first-order valence-electron chi connectivity index (χ1n) is 26.1. The normalized spacial score (nSPS) is 18.6. The highest BCUT2D eigenvalue weighted by Gasteiger charge is 2.54. The van der Waals surface area contributed by atoms with Gasteiger partial charge in [-0.1, -0.05) is 219 Å². The maximum atomic E-state index is 15.0. The third kappa shape index (κ3) is 27.8. The number of ether oxygens (including phenoxy) is 5. The molecule has 0 saturated carbocycles. The quantitative estimate of drug-likeness (QED) is 0.0169. The summed E-state index contributed by atoms with van der Waals surface area (Å²) < 4.78 is 67.7. The van der Waals surface area contributed by atoms with E-state index >= 15 is 0 Å². The Hall–Kier alpha value is -2.91. The molecule has 2 aromatic rings. The highest BCUT2D eigenvalue weighted by atomic mass is 35.6. The fourth-order valence-corrected chi connectivity index (χ4v) is 9.84. The van der Waals surface area contributed by atoms with Gasteiger partial charge >= 0.3 is 25.9 Å². The summed E-state index contributed by atoms with van der Waals surface area (Å²) in [4.78, 5) is 53.7. The average Bonchev–Trinajstić information content (AvgIpc) is 3.33. The van der Waals surface area contributed by atoms with E-state index in [4.69, 9.17) is 85.0 Å². The van der Waals surface area contributed by atoms with Crippen molar-refractivity contribution in [3.63, 3.8) is 0 Å². The molecule has 1 saturated heterocycles. The van der Waals surface area contributed by atoms with Crippen LogP contribution in [0.15, 0.2) is 60.7 Å². The highest BCUT2D eigenvalue weighted by Crippen LogP contribution is 2.52. The fourth-order valence-electron chi connectivity index (χ4n) is 7.90. The van der Waals surface area contributed by atoms with Crippen molar-refractivity contribution < 1.29 is 61.0 Å². The Kier molecular flexibility index (Phi) is 30.8. The van der Waals surface area contributed by atoms with Crippen molar-refractivity contribution >= 4 is 85.4 Å². The van der Waals surface area contributed by atoms with E-state index in [9.17, 15) is 23.7 Å². The smallest absolute Gasteiger partial charge is 0.471 e. The van der Waals surface area contributed by atoms with Gasteiger partial charge in [0, 0.05) is 6.42 Å². The van der Waals surface area contributed by atoms with Crippen molar-refractivity contribution in [2.75, 3.05) is 13.2 Å². The van der Waals surface area contributed by atoms with Gasteiger partial charge in [0.2, 0.25) is 9.66 Å². The van der Waals surface area contributed by atoms with Crippen LogP contribution in [0, 0.1) is 0 Å². The Morgan fingerprint density at radius 1 is 0.718 bits per heavy atom. The lowest BCUT2D eigenvalue weighted by Crippen LogP contribution is -2.64. The van der Waals surface area contributed by atoms with Crippen molar-refractivity contribution in [1.82, 2.24) is 5.32 Å². The average molecular weight is 1100 g/mol. The van der Waals surface area contributed by atoms with E-state index < -0.39 is 98.4 Å². The van der Waals surface area contributed by atoms with E-state index in [1.54, 1.807) is 36.4 Å². The maximum absolute atomic E-state index is 15.0. The number of alkyl carbamates (subject to hydrolysis) is 1. The number of esters is 2. The Bertz CT molecular complexity index is 1830. The lowest BCUT2D eigenvalue weighted by Gasteiger charge is -2.44. The van der Waals surface area contributed by atoms with Crippen LogP contribution in [-0.4, -0.2) is 85.5 Å². The second kappa shape index (κ2) is 36.1. The summed E-state index contributed by atoms with van der Waals surface area (Å²) in [6.45, 7) is 4.33. The Morgan fingerprint density at radius 2 is 1.21 bits per heavy atom. The van der Waals surface area contributed by atoms with Crippen molar-refractivity contribution in [3.8, 4) is 11.5 Å². The molecule has 6 atom stereocenters. The van der Waals surface area contributed by atoms with Crippen LogP contribution in [0.3, 0.4) is 0 Å². The lowest BCUT2D eigenvalue weighted by atomic mass is 9.83. The number of phosphoric ester groups is 1. The van der Waals surface area contributed by atoms with Crippen LogP contribution in [0.25, 0.3) is 0 Å². The second-order valence-electron chi connectivity index (χ2n) is 17.8. The van der Waals surface area contributed by atoms with Crippen LogP contribution in [0.1, 0.15) is 162 Å². The topological polar surface area (TPSA) is 171 Å². The van der Waals surface area contributed by atoms with Crippen molar-refractivity contribution in [3.05, 3.63) is 60.7 Å². The van der Waals surface area contributed by atoms with E-state index in [1.807, 2.05) is 0 Å². The zero-order valence-corrected chi connectivity index (χ0v) is 45.7. The molecule has 14 nitrogen and oxygen atoms in total. The monoisotopic (exact) mass is 1100 g/mol. The minimum absolute atomic E-state index is 0.0579. The summed E-state index contributed by atoms with van der Waals surface area (Å²) in [5, 5.41) is 2.48. The molecule has 1 aliphatic heterocycles. The second-order valence-corrected chi connectivity index (χ2v) is 22.2. The molecule has 1 aliphatic rings. The number of amides is 1. The first-order chi connectivity index (χ1) is 34.5. The van der Waals surface area contributed by atoms with Crippen molar-refractivity contribution in [2.24, 2.45) is 0 Å². The number of phosphoric acid groups is 1. The van der Waals surface area contributed by atoms with E-state index in [-0.39, 0.29) is 17.9 Å². The zero-order valence-electron chi connectivity index (χ0n) is 42.8. The van der Waals surface area contributed by atoms with Crippen LogP contribution in [0.5, 0.6) is 11.5 Å². The third-order valence-electron chi connectivity index (χ3n) is 11.7. The number of hydrogen-bond donors (Lipinski definition) is 1. The molecule has 0 bridgehead atoms. The van der Waals surface area contributed by atoms with Gasteiger partial charge in [-0.3, -0.25) is 18.9 Å². The number of para-hydroxylation sites is 2. The van der Waals surface area contributed by atoms with Crippen LogP contribution >= 0.6 is 54.2 Å². The van der Waals surface area contributed by atoms with Gasteiger partial charge in [0.1, 0.15) is 49.1 Å². The molecule has 0 spiro atoms. The highest BCUT2D eigenvalue weighted by molar-refractivity contribution is 7.49. The molecule has 1 N–H and O–H groups in total. The van der Waals surface area contributed by atoms with Gasteiger partial charge in [-0.25, -0.2) is 9.36 Å². The van der Waals surface area contributed by atoms with E-state index in [1.165, 1.54) is 102 Å². The lowest BCUT2D eigenvalue weighted by molar-refractivity contribution is -0.194. The summed E-state index contributed by atoms with van der Waals surface area (Å²) in [5.74, 6) is -2.19. The number of hydrogen-bond acceptors (Lipinski definition) is 13. The molecule has 0 aromatic heterocycles. The fraction of sp³-hybridized carbons (Fsp3) is 0.686. The van der Waals surface area contributed by atoms with E-state index in [2.05, 4.69) is 19.2 Å². The Balaban J connectivity index is 1.93. The first-order valence-corrected chi connectivity index (χ1v) is 28.6. The molecule has 1 amide bonds. The number of nitrogens with one attached hydrogen (secondary N) is 1. The minimum Gasteiger partial charge on any atom is -0.471 e. The van der Waals surface area contributed by atoms with Crippen LogP contribution in [-0.2, 0) is 42.4 Å². The van der Waals surface area contributed by atoms with Crippen LogP contribution in [0.4, 0.5) is 9.59 Å². The number of benzene rings is 2. The van der Waals surface area contributed by atoms with Gasteiger partial charge < -0.3 is 38.0 Å². The number of alkyl halides is 4. The summed E-state index contributed by atoms with van der Waals surface area (Å²) in [6, 6.07) is 14.3. The van der Waals surface area contributed by atoms with E-state index in [0.29, 0.717) is 19.3 Å². The predicted octanol–water partition coefficient (Wildman–Crippen LogP) is 14.5. The SMILES string of the molecule is [3H]B(C)C(=O)OCC1OC(Cl)C(NC(=O)OCC(Cl)(Cl)Cl)C(OC(=O)CC(CCCCCCCCCCC)OC(=O)CCCCCCCCCCCCC)C1OP(=O)(Oc1ccccc1)Oc1ccccc1. The minimum atomic E-state index is -4.90. The molecule has 1 heterocycles. The van der Waals surface area contributed by atoms with Gasteiger partial charge in [0.05, 0.1) is 6.42 Å². The van der Waals surface area contributed by atoms with Crippen molar-refractivity contribution in [2.45, 2.75) is 208 Å². The van der Waals surface area contributed by atoms with Crippen LogP contribution < -0.4 is 14.4 Å². The van der Waals surface area contributed by atoms with Gasteiger partial charge in [-0.15, -0.1) is 0 Å². The van der Waals surface area contributed by atoms with Gasteiger partial charge in [-0.2, -0.15) is 0 Å². The van der Waals surface area contributed by atoms with Crippen molar-refractivity contribution in [1.29, 1.82) is 1.34 Å². The number of halogens is 4. The molecule has 400 valence electrons. The number of unbranched alkanes of at least 4 members (excludes halogenated alkanes) is 18. The molecule has 20 heteroatoms. The van der Waals surface area contributed by atoms with Crippen LogP contribution in [0.2, 0.25) is 6.82 Å². The first kappa shape index (κ1) is 60.6. The molecule has 71 heavy (non-hydrogen) atoms. The number of carbonyl (C=O) groups excluding carboxylic acids is 4. The van der Waals surface area contributed by atoms with E-state index in [0.717, 1.165) is 44.9 Å². The maximum Gasteiger partial charge on any atom is 0.588 e. The molecule has 2 aromatic carbocycles. The van der Waals surface area contributed by atoms with Gasteiger partial charge in [0.15, 0.2) is 11.7 Å². The zero-order chi connectivity index (χ0) is 52.6. The summed E-state index contributed by atoms with van der Waals surface area (Å²) in [6.07, 6.45) is 14.9. The molecule has 0 radical (unpaired) electrons. The number of carbonyl (C=O) groups is 4. The molecular weight excluding hydrogens is 1020 g/mol. The largest absolute Gasteiger partial charge is 0.588 e. The molecule has 1 fully saturated rings. The number of rotatable bonds is 37.